The van der Waals surface area contributed by atoms with Gasteiger partial charge in [0.25, 0.3) is 5.91 Å². The van der Waals surface area contributed by atoms with Crippen LogP contribution in [0.2, 0.25) is 0 Å². The summed E-state index contributed by atoms with van der Waals surface area (Å²) in [6.07, 6.45) is 1.99. The SMILES string of the molecule is CCc1ccc(C(=O)Nc2ccc(CC(=O)O)nc2)o1. The minimum absolute atomic E-state index is 0.147. The lowest BCUT2D eigenvalue weighted by molar-refractivity contribution is -0.136. The maximum absolute atomic E-state index is 11.9. The molecule has 0 saturated carbocycles. The van der Waals surface area contributed by atoms with E-state index in [0.29, 0.717) is 11.4 Å². The second-order valence-corrected chi connectivity index (χ2v) is 4.18. The summed E-state index contributed by atoms with van der Waals surface area (Å²) in [6, 6.07) is 6.53. The van der Waals surface area contributed by atoms with Crippen LogP contribution in [0.3, 0.4) is 0 Å². The Bertz CT molecular complexity index is 616. The summed E-state index contributed by atoms with van der Waals surface area (Å²) < 4.78 is 5.33. The van der Waals surface area contributed by atoms with E-state index in [4.69, 9.17) is 9.52 Å². The molecule has 0 aromatic carbocycles. The summed E-state index contributed by atoms with van der Waals surface area (Å²) in [7, 11) is 0. The van der Waals surface area contributed by atoms with E-state index in [9.17, 15) is 9.59 Å². The summed E-state index contributed by atoms with van der Waals surface area (Å²) in [5.41, 5.74) is 0.917. The van der Waals surface area contributed by atoms with Crippen LogP contribution in [-0.4, -0.2) is 22.0 Å². The Balaban J connectivity index is 2.02. The van der Waals surface area contributed by atoms with Crippen molar-refractivity contribution in [3.63, 3.8) is 0 Å². The van der Waals surface area contributed by atoms with Crippen molar-refractivity contribution >= 4 is 17.6 Å². The third-order valence-corrected chi connectivity index (χ3v) is 2.65. The van der Waals surface area contributed by atoms with Crippen LogP contribution in [0.25, 0.3) is 0 Å². The molecule has 6 nitrogen and oxygen atoms in total. The highest BCUT2D eigenvalue weighted by Crippen LogP contribution is 2.12. The Morgan fingerprint density at radius 1 is 1.30 bits per heavy atom. The first kappa shape index (κ1) is 13.8. The van der Waals surface area contributed by atoms with Gasteiger partial charge in [-0.2, -0.15) is 0 Å². The number of furan rings is 1. The van der Waals surface area contributed by atoms with E-state index >= 15 is 0 Å². The standard InChI is InChI=1S/C14H14N2O4/c1-2-11-5-6-12(20-11)14(19)16-10-4-3-9(15-8-10)7-13(17)18/h3-6,8H,2,7H2,1H3,(H,16,19)(H,17,18). The Morgan fingerprint density at radius 3 is 2.65 bits per heavy atom. The Kier molecular flexibility index (Phi) is 4.14. The number of pyridine rings is 1. The van der Waals surface area contributed by atoms with E-state index in [1.807, 2.05) is 6.92 Å². The molecule has 0 atom stereocenters. The Labute approximate surface area is 115 Å². The van der Waals surface area contributed by atoms with Crippen molar-refractivity contribution in [3.05, 3.63) is 47.7 Å². The third kappa shape index (κ3) is 3.44. The molecule has 2 N–H and O–H groups in total. The number of anilines is 1. The maximum atomic E-state index is 11.9. The van der Waals surface area contributed by atoms with Crippen molar-refractivity contribution < 1.29 is 19.1 Å². The molecule has 2 aromatic rings. The van der Waals surface area contributed by atoms with Crippen LogP contribution >= 0.6 is 0 Å². The van der Waals surface area contributed by atoms with Crippen molar-refractivity contribution in [1.82, 2.24) is 4.98 Å². The molecule has 1 amide bonds. The molecule has 2 heterocycles. The fraction of sp³-hybridized carbons (Fsp3) is 0.214. The molecule has 0 fully saturated rings. The second kappa shape index (κ2) is 6.01. The van der Waals surface area contributed by atoms with E-state index in [1.54, 1.807) is 24.3 Å². The van der Waals surface area contributed by atoms with Gasteiger partial charge < -0.3 is 14.8 Å². The lowest BCUT2D eigenvalue weighted by atomic mass is 10.2. The molecule has 0 radical (unpaired) electrons. The molecule has 0 aliphatic carbocycles. The fourth-order valence-corrected chi connectivity index (χ4v) is 1.64. The van der Waals surface area contributed by atoms with E-state index in [1.165, 1.54) is 6.20 Å². The number of carboxylic acids is 1. The first-order valence-corrected chi connectivity index (χ1v) is 6.15. The van der Waals surface area contributed by atoms with Gasteiger partial charge in [-0.1, -0.05) is 6.92 Å². The van der Waals surface area contributed by atoms with Gasteiger partial charge in [-0.25, -0.2) is 0 Å². The first-order chi connectivity index (χ1) is 9.58. The van der Waals surface area contributed by atoms with Gasteiger partial charge in [0, 0.05) is 6.42 Å². The molecule has 0 bridgehead atoms. The predicted octanol–water partition coefficient (Wildman–Crippen LogP) is 2.12. The third-order valence-electron chi connectivity index (χ3n) is 2.65. The van der Waals surface area contributed by atoms with Crippen LogP contribution in [0.15, 0.2) is 34.9 Å². The molecule has 0 saturated heterocycles. The number of nitrogens with zero attached hydrogens (tertiary/aromatic N) is 1. The number of aliphatic carboxylic acids is 1. The molecule has 2 rings (SSSR count). The largest absolute Gasteiger partial charge is 0.481 e. The van der Waals surface area contributed by atoms with E-state index in [2.05, 4.69) is 10.3 Å². The lowest BCUT2D eigenvalue weighted by Gasteiger charge is -2.03. The topological polar surface area (TPSA) is 92.4 Å². The molecular formula is C14H14N2O4. The highest BCUT2D eigenvalue weighted by atomic mass is 16.4. The molecule has 2 aromatic heterocycles. The van der Waals surface area contributed by atoms with Gasteiger partial charge >= 0.3 is 5.97 Å². The second-order valence-electron chi connectivity index (χ2n) is 4.18. The Morgan fingerprint density at radius 2 is 2.10 bits per heavy atom. The minimum atomic E-state index is -0.947. The first-order valence-electron chi connectivity index (χ1n) is 6.15. The zero-order valence-electron chi connectivity index (χ0n) is 10.9. The number of carbonyl (C=O) groups is 2. The van der Waals surface area contributed by atoms with Gasteiger partial charge in [0.05, 0.1) is 24.0 Å². The van der Waals surface area contributed by atoms with Gasteiger partial charge in [0.1, 0.15) is 5.76 Å². The van der Waals surface area contributed by atoms with E-state index in [-0.39, 0.29) is 18.1 Å². The number of hydrogen-bond donors (Lipinski definition) is 2. The average Bonchev–Trinajstić information content (AvgIpc) is 2.89. The minimum Gasteiger partial charge on any atom is -0.481 e. The number of carbonyl (C=O) groups excluding carboxylic acids is 1. The van der Waals surface area contributed by atoms with E-state index in [0.717, 1.165) is 12.2 Å². The quantitative estimate of drug-likeness (QED) is 0.871. The van der Waals surface area contributed by atoms with Gasteiger partial charge in [-0.3, -0.25) is 14.6 Å². The average molecular weight is 274 g/mol. The van der Waals surface area contributed by atoms with Gasteiger partial charge in [-0.15, -0.1) is 0 Å². The normalized spacial score (nSPS) is 10.2. The van der Waals surface area contributed by atoms with Gasteiger partial charge in [-0.05, 0) is 24.3 Å². The molecule has 0 aliphatic heterocycles. The molecule has 0 unspecified atom stereocenters. The predicted molar refractivity (Wildman–Crippen MR) is 71.6 cm³/mol. The Hall–Kier alpha value is -2.63. The number of hydrogen-bond acceptors (Lipinski definition) is 4. The number of rotatable bonds is 5. The molecule has 6 heteroatoms. The van der Waals surface area contributed by atoms with E-state index < -0.39 is 5.97 Å². The van der Waals surface area contributed by atoms with Crippen LogP contribution in [-0.2, 0) is 17.6 Å². The lowest BCUT2D eigenvalue weighted by Crippen LogP contribution is -2.11. The highest BCUT2D eigenvalue weighted by molar-refractivity contribution is 6.02. The van der Waals surface area contributed by atoms with Crippen molar-refractivity contribution in [2.24, 2.45) is 0 Å². The summed E-state index contributed by atoms with van der Waals surface area (Å²) in [5, 5.41) is 11.3. The monoisotopic (exact) mass is 274 g/mol. The smallest absolute Gasteiger partial charge is 0.309 e. The van der Waals surface area contributed by atoms with Gasteiger partial charge in [0.15, 0.2) is 5.76 Å². The number of amides is 1. The van der Waals surface area contributed by atoms with Crippen LogP contribution in [0.4, 0.5) is 5.69 Å². The van der Waals surface area contributed by atoms with Crippen molar-refractivity contribution in [2.75, 3.05) is 5.32 Å². The molecular weight excluding hydrogens is 260 g/mol. The molecule has 0 spiro atoms. The summed E-state index contributed by atoms with van der Waals surface area (Å²) in [6.45, 7) is 1.94. The summed E-state index contributed by atoms with van der Waals surface area (Å²) >= 11 is 0. The van der Waals surface area contributed by atoms with Crippen molar-refractivity contribution in [3.8, 4) is 0 Å². The summed E-state index contributed by atoms with van der Waals surface area (Å²) in [5.74, 6) is -0.337. The molecule has 0 aliphatic rings. The maximum Gasteiger partial charge on any atom is 0.309 e. The fourth-order valence-electron chi connectivity index (χ4n) is 1.64. The zero-order valence-corrected chi connectivity index (χ0v) is 10.9. The van der Waals surface area contributed by atoms with Crippen LogP contribution in [0.5, 0.6) is 0 Å². The van der Waals surface area contributed by atoms with Crippen LogP contribution in [0.1, 0.15) is 28.9 Å². The number of carboxylic acid groups (broad SMARTS) is 1. The van der Waals surface area contributed by atoms with Gasteiger partial charge in [0.2, 0.25) is 0 Å². The van der Waals surface area contributed by atoms with Crippen molar-refractivity contribution in [1.29, 1.82) is 0 Å². The van der Waals surface area contributed by atoms with Crippen LogP contribution in [0, 0.1) is 0 Å². The molecule has 104 valence electrons. The number of aryl methyl sites for hydroxylation is 1. The van der Waals surface area contributed by atoms with Crippen molar-refractivity contribution in [2.45, 2.75) is 19.8 Å². The van der Waals surface area contributed by atoms with Crippen LogP contribution < -0.4 is 5.32 Å². The zero-order chi connectivity index (χ0) is 14.5. The number of nitrogens with one attached hydrogen (secondary N) is 1. The summed E-state index contributed by atoms with van der Waals surface area (Å²) in [4.78, 5) is 26.4. The molecule has 20 heavy (non-hydrogen) atoms. The highest BCUT2D eigenvalue weighted by Gasteiger charge is 2.11. The number of aromatic nitrogens is 1.